The predicted molar refractivity (Wildman–Crippen MR) is 92.6 cm³/mol. The predicted octanol–water partition coefficient (Wildman–Crippen LogP) is 0.499. The number of amides is 3. The van der Waals surface area contributed by atoms with Gasteiger partial charge in [-0.1, -0.05) is 0 Å². The molecule has 1 aromatic heterocycles. The molecule has 0 unspecified atom stereocenters. The van der Waals surface area contributed by atoms with E-state index in [4.69, 9.17) is 4.74 Å². The van der Waals surface area contributed by atoms with Gasteiger partial charge in [-0.3, -0.25) is 9.59 Å². The fraction of sp³-hybridized carbons (Fsp3) is 0.588. The van der Waals surface area contributed by atoms with Gasteiger partial charge in [-0.15, -0.1) is 0 Å². The molecule has 3 heterocycles. The lowest BCUT2D eigenvalue weighted by molar-refractivity contribution is -0.140. The van der Waals surface area contributed by atoms with Crippen LogP contribution in [0.2, 0.25) is 0 Å². The highest BCUT2D eigenvalue weighted by molar-refractivity contribution is 6.04. The Morgan fingerprint density at radius 2 is 1.69 bits per heavy atom. The van der Waals surface area contributed by atoms with E-state index < -0.39 is 17.6 Å². The molecular weight excluding hydrogens is 338 g/mol. The van der Waals surface area contributed by atoms with Gasteiger partial charge in [-0.2, -0.15) is 0 Å². The van der Waals surface area contributed by atoms with E-state index in [-0.39, 0.29) is 12.5 Å². The number of aryl methyl sites for hydroxylation is 2. The molecule has 140 valence electrons. The van der Waals surface area contributed by atoms with Crippen molar-refractivity contribution in [3.8, 4) is 0 Å². The van der Waals surface area contributed by atoms with Crippen LogP contribution in [0.3, 0.4) is 0 Å². The molecule has 9 heteroatoms. The van der Waals surface area contributed by atoms with E-state index in [9.17, 15) is 14.4 Å². The van der Waals surface area contributed by atoms with Crippen LogP contribution >= 0.6 is 0 Å². The van der Waals surface area contributed by atoms with Crippen molar-refractivity contribution in [2.24, 2.45) is 0 Å². The van der Waals surface area contributed by atoms with Gasteiger partial charge in [-0.25, -0.2) is 19.7 Å². The molecule has 26 heavy (non-hydrogen) atoms. The van der Waals surface area contributed by atoms with Gasteiger partial charge in [0, 0.05) is 37.6 Å². The van der Waals surface area contributed by atoms with Gasteiger partial charge in [0.25, 0.3) is 5.91 Å². The van der Waals surface area contributed by atoms with E-state index in [1.807, 2.05) is 24.8 Å². The topological polar surface area (TPSA) is 95.9 Å². The van der Waals surface area contributed by atoms with Crippen LogP contribution in [-0.4, -0.2) is 76.0 Å². The lowest BCUT2D eigenvalue weighted by atomic mass is 10.1. The number of aromatic nitrogens is 2. The highest BCUT2D eigenvalue weighted by atomic mass is 16.6. The number of piperazine rings is 1. The SMILES string of the molecule is Cc1cc(C)nc(N2CCN(C(=O)CN3C(=O)OC(C)(C)C3=O)CC2)n1. The van der Waals surface area contributed by atoms with Gasteiger partial charge in [0.15, 0.2) is 5.60 Å². The Hall–Kier alpha value is -2.71. The van der Waals surface area contributed by atoms with Crippen molar-refractivity contribution in [1.29, 1.82) is 0 Å². The van der Waals surface area contributed by atoms with E-state index in [0.29, 0.717) is 32.1 Å². The molecule has 2 fully saturated rings. The first-order valence-corrected chi connectivity index (χ1v) is 8.57. The van der Waals surface area contributed by atoms with Crippen molar-refractivity contribution in [2.45, 2.75) is 33.3 Å². The van der Waals surface area contributed by atoms with Crippen molar-refractivity contribution in [3.05, 3.63) is 17.5 Å². The second-order valence-electron chi connectivity index (χ2n) is 7.09. The largest absolute Gasteiger partial charge is 0.433 e. The maximum atomic E-state index is 12.5. The highest BCUT2D eigenvalue weighted by Crippen LogP contribution is 2.23. The quantitative estimate of drug-likeness (QED) is 0.773. The normalized spacial score (nSPS) is 19.8. The number of hydrogen-bond acceptors (Lipinski definition) is 7. The van der Waals surface area contributed by atoms with Crippen molar-refractivity contribution in [3.63, 3.8) is 0 Å². The smallest absolute Gasteiger partial charge is 0.418 e. The summed E-state index contributed by atoms with van der Waals surface area (Å²) in [6.07, 6.45) is -0.768. The minimum atomic E-state index is -1.21. The zero-order chi connectivity index (χ0) is 19.1. The molecule has 0 atom stereocenters. The summed E-state index contributed by atoms with van der Waals surface area (Å²) in [6, 6.07) is 1.91. The average Bonchev–Trinajstić information content (AvgIpc) is 2.76. The Bertz CT molecular complexity index is 735. The first-order valence-electron chi connectivity index (χ1n) is 8.57. The van der Waals surface area contributed by atoms with Gasteiger partial charge in [0.1, 0.15) is 6.54 Å². The summed E-state index contributed by atoms with van der Waals surface area (Å²) in [5, 5.41) is 0. The molecule has 3 rings (SSSR count). The lowest BCUT2D eigenvalue weighted by Crippen LogP contribution is -2.52. The summed E-state index contributed by atoms with van der Waals surface area (Å²) in [5.74, 6) is -0.0956. The first kappa shape index (κ1) is 18.1. The zero-order valence-corrected chi connectivity index (χ0v) is 15.5. The lowest BCUT2D eigenvalue weighted by Gasteiger charge is -2.35. The molecule has 2 aliphatic heterocycles. The van der Waals surface area contributed by atoms with E-state index in [0.717, 1.165) is 16.3 Å². The third kappa shape index (κ3) is 3.47. The van der Waals surface area contributed by atoms with Crippen LogP contribution in [0.1, 0.15) is 25.2 Å². The van der Waals surface area contributed by atoms with E-state index >= 15 is 0 Å². The van der Waals surface area contributed by atoms with Crippen LogP contribution in [0.5, 0.6) is 0 Å². The molecule has 0 radical (unpaired) electrons. The second-order valence-corrected chi connectivity index (χ2v) is 7.09. The van der Waals surface area contributed by atoms with Crippen molar-refractivity contribution < 1.29 is 19.1 Å². The van der Waals surface area contributed by atoms with Gasteiger partial charge >= 0.3 is 6.09 Å². The number of rotatable bonds is 3. The molecular formula is C17H23N5O4. The van der Waals surface area contributed by atoms with Crippen LogP contribution in [0.25, 0.3) is 0 Å². The van der Waals surface area contributed by atoms with Crippen molar-refractivity contribution >= 4 is 23.9 Å². The van der Waals surface area contributed by atoms with Crippen LogP contribution in [0, 0.1) is 13.8 Å². The summed E-state index contributed by atoms with van der Waals surface area (Å²) in [7, 11) is 0. The second kappa shape index (κ2) is 6.54. The molecule has 0 bridgehead atoms. The third-order valence-electron chi connectivity index (χ3n) is 4.50. The van der Waals surface area contributed by atoms with E-state index in [1.54, 1.807) is 4.90 Å². The Balaban J connectivity index is 1.59. The number of imide groups is 1. The highest BCUT2D eigenvalue weighted by Gasteiger charge is 2.48. The van der Waals surface area contributed by atoms with Crippen LogP contribution in [0.15, 0.2) is 6.07 Å². The van der Waals surface area contributed by atoms with E-state index in [2.05, 4.69) is 9.97 Å². The Labute approximate surface area is 151 Å². The zero-order valence-electron chi connectivity index (χ0n) is 15.5. The number of carbonyl (C=O) groups excluding carboxylic acids is 3. The number of cyclic esters (lactones) is 1. The molecule has 0 spiro atoms. The summed E-state index contributed by atoms with van der Waals surface area (Å²) in [4.78, 5) is 49.9. The summed E-state index contributed by atoms with van der Waals surface area (Å²) >= 11 is 0. The first-order chi connectivity index (χ1) is 12.2. The van der Waals surface area contributed by atoms with Crippen LogP contribution in [0.4, 0.5) is 10.7 Å². The van der Waals surface area contributed by atoms with Crippen LogP contribution in [-0.2, 0) is 14.3 Å². The van der Waals surface area contributed by atoms with Crippen molar-refractivity contribution in [1.82, 2.24) is 19.8 Å². The molecule has 3 amide bonds. The Morgan fingerprint density at radius 1 is 1.12 bits per heavy atom. The number of ether oxygens (including phenoxy) is 1. The van der Waals surface area contributed by atoms with Gasteiger partial charge < -0.3 is 14.5 Å². The maximum Gasteiger partial charge on any atom is 0.418 e. The van der Waals surface area contributed by atoms with Gasteiger partial charge in [0.05, 0.1) is 0 Å². The van der Waals surface area contributed by atoms with Gasteiger partial charge in [0.2, 0.25) is 11.9 Å². The van der Waals surface area contributed by atoms with Gasteiger partial charge in [-0.05, 0) is 33.8 Å². The summed E-state index contributed by atoms with van der Waals surface area (Å²) in [5.41, 5.74) is 0.593. The molecule has 0 aliphatic carbocycles. The molecule has 2 aliphatic rings. The Kier molecular flexibility index (Phi) is 4.55. The number of anilines is 1. The molecule has 9 nitrogen and oxygen atoms in total. The monoisotopic (exact) mass is 361 g/mol. The standard InChI is InChI=1S/C17H23N5O4/c1-11-9-12(2)19-15(18-11)21-7-5-20(6-8-21)13(23)10-22-14(24)17(3,4)26-16(22)25/h9H,5-8,10H2,1-4H3. The minimum Gasteiger partial charge on any atom is -0.433 e. The fourth-order valence-electron chi connectivity index (χ4n) is 3.10. The average molecular weight is 361 g/mol. The number of hydrogen-bond donors (Lipinski definition) is 0. The maximum absolute atomic E-state index is 12.5. The minimum absolute atomic E-state index is 0.269. The molecule has 0 N–H and O–H groups in total. The summed E-state index contributed by atoms with van der Waals surface area (Å²) in [6.45, 7) is 8.74. The number of nitrogens with zero attached hydrogens (tertiary/aromatic N) is 5. The Morgan fingerprint density at radius 3 is 2.19 bits per heavy atom. The fourth-order valence-corrected chi connectivity index (χ4v) is 3.10. The summed E-state index contributed by atoms with van der Waals surface area (Å²) < 4.78 is 5.00. The number of carbonyl (C=O) groups is 3. The van der Waals surface area contributed by atoms with Crippen LogP contribution < -0.4 is 4.90 Å². The van der Waals surface area contributed by atoms with Crippen molar-refractivity contribution in [2.75, 3.05) is 37.6 Å². The third-order valence-corrected chi connectivity index (χ3v) is 4.50. The molecule has 2 saturated heterocycles. The van der Waals surface area contributed by atoms with E-state index in [1.165, 1.54) is 13.8 Å². The molecule has 1 aromatic rings. The molecule has 0 saturated carbocycles. The molecule has 0 aromatic carbocycles.